The summed E-state index contributed by atoms with van der Waals surface area (Å²) in [5.74, 6) is 0.159. The van der Waals surface area contributed by atoms with Gasteiger partial charge in [-0.05, 0) is 31.2 Å². The Bertz CT molecular complexity index is 806. The van der Waals surface area contributed by atoms with Gasteiger partial charge in [-0.3, -0.25) is 9.89 Å². The van der Waals surface area contributed by atoms with E-state index in [1.807, 2.05) is 35.2 Å². The van der Waals surface area contributed by atoms with Crippen molar-refractivity contribution in [3.05, 3.63) is 36.0 Å². The molecule has 1 aliphatic carbocycles. The minimum atomic E-state index is -0.405. The van der Waals surface area contributed by atoms with Gasteiger partial charge in [0.15, 0.2) is 5.82 Å². The second-order valence-corrected chi connectivity index (χ2v) is 7.19. The zero-order chi connectivity index (χ0) is 18.3. The van der Waals surface area contributed by atoms with Crippen molar-refractivity contribution in [2.24, 2.45) is 0 Å². The molecule has 4 rings (SSSR count). The van der Waals surface area contributed by atoms with Crippen molar-refractivity contribution in [3.8, 4) is 11.1 Å². The van der Waals surface area contributed by atoms with Gasteiger partial charge < -0.3 is 20.5 Å². The molecule has 0 bridgehead atoms. The molecule has 7 nitrogen and oxygen atoms in total. The maximum Gasteiger partial charge on any atom is 0.272 e. The molecule has 0 spiro atoms. The van der Waals surface area contributed by atoms with E-state index < -0.39 is 6.10 Å². The summed E-state index contributed by atoms with van der Waals surface area (Å²) < 4.78 is 5.83. The van der Waals surface area contributed by atoms with Crippen LogP contribution in [0, 0.1) is 0 Å². The normalized spacial score (nSPS) is 28.2. The molecule has 1 saturated carbocycles. The number of carbonyl (C=O) groups excluding carboxylic acids is 1. The van der Waals surface area contributed by atoms with E-state index in [-0.39, 0.29) is 17.6 Å². The van der Waals surface area contributed by atoms with Crippen molar-refractivity contribution in [1.82, 2.24) is 15.1 Å². The van der Waals surface area contributed by atoms with E-state index in [4.69, 9.17) is 10.5 Å². The van der Waals surface area contributed by atoms with Gasteiger partial charge in [0.1, 0.15) is 5.69 Å². The van der Waals surface area contributed by atoms with Crippen molar-refractivity contribution < 1.29 is 14.6 Å². The number of likely N-dealkylation sites (tertiary alicyclic amines) is 1. The fourth-order valence-corrected chi connectivity index (χ4v) is 4.47. The Labute approximate surface area is 152 Å². The Morgan fingerprint density at radius 2 is 2.15 bits per heavy atom. The third-order valence-electron chi connectivity index (χ3n) is 5.89. The van der Waals surface area contributed by atoms with E-state index in [2.05, 4.69) is 10.2 Å². The lowest BCUT2D eigenvalue weighted by Gasteiger charge is -2.42. The third kappa shape index (κ3) is 2.59. The van der Waals surface area contributed by atoms with Crippen molar-refractivity contribution in [3.63, 3.8) is 0 Å². The van der Waals surface area contributed by atoms with Crippen molar-refractivity contribution in [1.29, 1.82) is 0 Å². The summed E-state index contributed by atoms with van der Waals surface area (Å²) in [6, 6.07) is 9.39. The highest BCUT2D eigenvalue weighted by Crippen LogP contribution is 2.43. The lowest BCUT2D eigenvalue weighted by Crippen LogP contribution is -2.52. The molecule has 0 unspecified atom stereocenters. The summed E-state index contributed by atoms with van der Waals surface area (Å²) in [5, 5.41) is 17.0. The maximum absolute atomic E-state index is 13.3. The van der Waals surface area contributed by atoms with Crippen LogP contribution in [0.1, 0.15) is 36.2 Å². The quantitative estimate of drug-likeness (QED) is 0.778. The number of H-pyrrole nitrogens is 1. The minimum absolute atomic E-state index is 0.142. The first-order chi connectivity index (χ1) is 12.6. The van der Waals surface area contributed by atoms with E-state index in [0.29, 0.717) is 36.5 Å². The van der Waals surface area contributed by atoms with Gasteiger partial charge in [-0.1, -0.05) is 30.3 Å². The van der Waals surface area contributed by atoms with Crippen LogP contribution in [0.2, 0.25) is 0 Å². The van der Waals surface area contributed by atoms with Crippen molar-refractivity contribution in [2.45, 2.75) is 43.4 Å². The van der Waals surface area contributed by atoms with Crippen LogP contribution in [0.3, 0.4) is 0 Å². The number of methoxy groups -OCH3 is 1. The monoisotopic (exact) mass is 356 g/mol. The summed E-state index contributed by atoms with van der Waals surface area (Å²) in [4.78, 5) is 15.1. The topological polar surface area (TPSA) is 104 Å². The molecule has 2 heterocycles. The maximum atomic E-state index is 13.3. The van der Waals surface area contributed by atoms with Crippen LogP contribution in [-0.4, -0.2) is 57.5 Å². The van der Waals surface area contributed by atoms with Gasteiger partial charge in [0, 0.05) is 13.7 Å². The number of fused-ring (bicyclic) bond motifs is 1. The molecule has 1 amide bonds. The molecule has 138 valence electrons. The average Bonchev–Trinajstić information content (AvgIpc) is 3.23. The number of ether oxygens (including phenoxy) is 1. The number of aliphatic hydroxyl groups is 1. The number of hydrogen-bond donors (Lipinski definition) is 3. The first kappa shape index (κ1) is 17.1. The summed E-state index contributed by atoms with van der Waals surface area (Å²) in [5.41, 5.74) is 7.54. The second-order valence-electron chi connectivity index (χ2n) is 7.19. The van der Waals surface area contributed by atoms with E-state index >= 15 is 0 Å². The number of nitrogens with one attached hydrogen (secondary N) is 1. The molecule has 1 aromatic carbocycles. The van der Waals surface area contributed by atoms with Gasteiger partial charge >= 0.3 is 0 Å². The van der Waals surface area contributed by atoms with E-state index in [9.17, 15) is 9.90 Å². The Balaban J connectivity index is 1.69. The second kappa shape index (κ2) is 6.41. The van der Waals surface area contributed by atoms with Crippen molar-refractivity contribution >= 4 is 11.7 Å². The predicted molar refractivity (Wildman–Crippen MR) is 97.5 cm³/mol. The van der Waals surface area contributed by atoms with E-state index in [1.165, 1.54) is 0 Å². The molecule has 0 radical (unpaired) electrons. The highest BCUT2D eigenvalue weighted by Gasteiger charge is 2.52. The number of aromatic amines is 1. The van der Waals surface area contributed by atoms with Crippen LogP contribution in [-0.2, 0) is 4.74 Å². The third-order valence-corrected chi connectivity index (χ3v) is 5.89. The number of amides is 1. The van der Waals surface area contributed by atoms with Crippen LogP contribution in [0.5, 0.6) is 0 Å². The molecular formula is C19H24N4O3. The predicted octanol–water partition coefficient (Wildman–Crippen LogP) is 1.80. The summed E-state index contributed by atoms with van der Waals surface area (Å²) >= 11 is 0. The van der Waals surface area contributed by atoms with Crippen LogP contribution in [0.4, 0.5) is 5.82 Å². The Morgan fingerprint density at radius 1 is 1.38 bits per heavy atom. The van der Waals surface area contributed by atoms with E-state index in [1.54, 1.807) is 7.11 Å². The molecule has 3 atom stereocenters. The Kier molecular flexibility index (Phi) is 4.20. The van der Waals surface area contributed by atoms with Crippen LogP contribution in [0.15, 0.2) is 30.3 Å². The molecular weight excluding hydrogens is 332 g/mol. The average molecular weight is 356 g/mol. The molecule has 1 aromatic heterocycles. The molecule has 1 aliphatic heterocycles. The number of hydrogen-bond acceptors (Lipinski definition) is 5. The summed E-state index contributed by atoms with van der Waals surface area (Å²) in [6.45, 7) is 0.594. The highest BCUT2D eigenvalue weighted by atomic mass is 16.5. The minimum Gasteiger partial charge on any atom is -0.393 e. The zero-order valence-corrected chi connectivity index (χ0v) is 14.8. The first-order valence-corrected chi connectivity index (χ1v) is 8.99. The van der Waals surface area contributed by atoms with Crippen LogP contribution in [0.25, 0.3) is 11.1 Å². The van der Waals surface area contributed by atoms with Gasteiger partial charge in [0.05, 0.1) is 23.3 Å². The molecule has 4 N–H and O–H groups in total. The number of carbonyl (C=O) groups is 1. The lowest BCUT2D eigenvalue weighted by molar-refractivity contribution is -0.0824. The van der Waals surface area contributed by atoms with E-state index in [0.717, 1.165) is 18.4 Å². The fraction of sp³-hybridized carbons (Fsp3) is 0.474. The standard InChI is InChI=1S/C19H24N4O3/c1-26-19-8-7-13(24)11-14(19)23(10-9-19)18(25)16-15(17(20)22-21-16)12-5-3-2-4-6-12/h2-6,13-14,24H,7-11H2,1H3,(H3,20,21,22)/t13-,14+,19-/m1/s1. The van der Waals surface area contributed by atoms with Gasteiger partial charge in [0.25, 0.3) is 5.91 Å². The largest absolute Gasteiger partial charge is 0.393 e. The van der Waals surface area contributed by atoms with Crippen LogP contribution >= 0.6 is 0 Å². The SMILES string of the molecule is CO[C@@]12CC[C@@H](O)C[C@@H]1N(C(=O)c1[nH]nc(N)c1-c1ccccc1)CC2. The molecule has 2 aliphatic rings. The summed E-state index contributed by atoms with van der Waals surface area (Å²) in [7, 11) is 1.70. The molecule has 7 heteroatoms. The molecule has 2 fully saturated rings. The Morgan fingerprint density at radius 3 is 2.88 bits per heavy atom. The number of nitrogen functional groups attached to an aromatic ring is 1. The number of aromatic nitrogens is 2. The molecule has 2 aromatic rings. The van der Waals surface area contributed by atoms with Crippen molar-refractivity contribution in [2.75, 3.05) is 19.4 Å². The Hall–Kier alpha value is -2.38. The fourth-order valence-electron chi connectivity index (χ4n) is 4.47. The number of anilines is 1. The molecule has 1 saturated heterocycles. The highest BCUT2D eigenvalue weighted by molar-refractivity contribution is 6.02. The van der Waals surface area contributed by atoms with Gasteiger partial charge in [-0.2, -0.15) is 5.10 Å². The van der Waals surface area contributed by atoms with Crippen LogP contribution < -0.4 is 5.73 Å². The van der Waals surface area contributed by atoms with Gasteiger partial charge in [-0.15, -0.1) is 0 Å². The number of nitrogens with two attached hydrogens (primary N) is 1. The number of benzene rings is 1. The smallest absolute Gasteiger partial charge is 0.272 e. The summed E-state index contributed by atoms with van der Waals surface area (Å²) in [6.07, 6.45) is 2.37. The number of nitrogens with zero attached hydrogens (tertiary/aromatic N) is 2. The zero-order valence-electron chi connectivity index (χ0n) is 14.8. The van der Waals surface area contributed by atoms with Gasteiger partial charge in [0.2, 0.25) is 0 Å². The first-order valence-electron chi connectivity index (χ1n) is 8.99. The van der Waals surface area contributed by atoms with Gasteiger partial charge in [-0.25, -0.2) is 0 Å². The number of aliphatic hydroxyl groups excluding tert-OH is 1. The number of rotatable bonds is 3. The lowest BCUT2D eigenvalue weighted by atomic mass is 9.79. The molecule has 26 heavy (non-hydrogen) atoms.